The van der Waals surface area contributed by atoms with Gasteiger partial charge in [-0.25, -0.2) is 0 Å². The van der Waals surface area contributed by atoms with Crippen LogP contribution in [0.4, 0.5) is 0 Å². The van der Waals surface area contributed by atoms with E-state index in [1.807, 2.05) is 0 Å². The first kappa shape index (κ1) is 10.2. The molecule has 1 N–H and O–H groups in total. The van der Waals surface area contributed by atoms with Gasteiger partial charge in [0.1, 0.15) is 0 Å². The van der Waals surface area contributed by atoms with Gasteiger partial charge in [-0.3, -0.25) is 4.90 Å². The Morgan fingerprint density at radius 1 is 1.50 bits per heavy atom. The van der Waals surface area contributed by atoms with E-state index >= 15 is 0 Å². The van der Waals surface area contributed by atoms with Crippen molar-refractivity contribution >= 4 is 15.9 Å². The summed E-state index contributed by atoms with van der Waals surface area (Å²) in [4.78, 5) is 2.47. The van der Waals surface area contributed by atoms with Crippen LogP contribution in [-0.2, 0) is 0 Å². The summed E-state index contributed by atoms with van der Waals surface area (Å²) in [5.74, 6) is 0. The second-order valence-electron chi connectivity index (χ2n) is 3.55. The number of rotatable bonds is 2. The number of halogens is 1. The topological polar surface area (TPSA) is 15.3 Å². The molecule has 1 rings (SSSR count). The minimum absolute atomic E-state index is 0.614. The Hall–Kier alpha value is 0.140. The summed E-state index contributed by atoms with van der Waals surface area (Å²) in [6.07, 6.45) is 0. The molecule has 0 radical (unpaired) electrons. The van der Waals surface area contributed by atoms with Gasteiger partial charge >= 0.3 is 0 Å². The fourth-order valence-corrected chi connectivity index (χ4v) is 1.97. The van der Waals surface area contributed by atoms with Crippen LogP contribution in [0.25, 0.3) is 0 Å². The van der Waals surface area contributed by atoms with Gasteiger partial charge in [-0.1, -0.05) is 22.5 Å². The summed E-state index contributed by atoms with van der Waals surface area (Å²) in [6, 6.07) is 1.23. The van der Waals surface area contributed by atoms with E-state index in [0.717, 1.165) is 24.1 Å². The van der Waals surface area contributed by atoms with Crippen LogP contribution in [0.1, 0.15) is 13.8 Å². The van der Waals surface area contributed by atoms with E-state index in [9.17, 15) is 0 Å². The van der Waals surface area contributed by atoms with E-state index in [1.165, 1.54) is 0 Å². The van der Waals surface area contributed by atoms with Gasteiger partial charge in [0.25, 0.3) is 0 Å². The highest BCUT2D eigenvalue weighted by atomic mass is 79.9. The van der Waals surface area contributed by atoms with Gasteiger partial charge in [-0.2, -0.15) is 0 Å². The third-order valence-electron chi connectivity index (χ3n) is 2.37. The highest BCUT2D eigenvalue weighted by Gasteiger charge is 2.23. The maximum atomic E-state index is 3.87. The van der Waals surface area contributed by atoms with Gasteiger partial charge in [0.2, 0.25) is 0 Å². The monoisotopic (exact) mass is 232 g/mol. The highest BCUT2D eigenvalue weighted by Crippen LogP contribution is 2.13. The Morgan fingerprint density at radius 3 is 2.42 bits per heavy atom. The van der Waals surface area contributed by atoms with Gasteiger partial charge in [-0.05, 0) is 13.8 Å². The van der Waals surface area contributed by atoms with E-state index < -0.39 is 0 Å². The molecule has 2 nitrogen and oxygen atoms in total. The van der Waals surface area contributed by atoms with E-state index in [4.69, 9.17) is 0 Å². The second kappa shape index (κ2) is 4.40. The number of piperazine rings is 1. The maximum Gasteiger partial charge on any atom is 0.0300 e. The molecular weight excluding hydrogens is 216 g/mol. The normalized spacial score (nSPS) is 31.9. The standard InChI is InChI=1S/C9H17BrN2/c1-7(10)6-12-8(2)4-11-5-9(12)3/h8-9,11H,1,4-6H2,2-3H3. The molecule has 3 heteroatoms. The van der Waals surface area contributed by atoms with E-state index in [0.29, 0.717) is 12.1 Å². The van der Waals surface area contributed by atoms with Gasteiger partial charge in [-0.15, -0.1) is 0 Å². The van der Waals surface area contributed by atoms with Crippen molar-refractivity contribution in [1.82, 2.24) is 10.2 Å². The minimum Gasteiger partial charge on any atom is -0.314 e. The fourth-order valence-electron chi connectivity index (χ4n) is 1.68. The molecule has 0 aromatic heterocycles. The van der Waals surface area contributed by atoms with Crippen LogP contribution in [0.15, 0.2) is 11.1 Å². The number of nitrogens with one attached hydrogen (secondary N) is 1. The van der Waals surface area contributed by atoms with Crippen LogP contribution in [0, 0.1) is 0 Å². The van der Waals surface area contributed by atoms with Crippen molar-refractivity contribution in [3.05, 3.63) is 11.1 Å². The molecule has 0 aromatic rings. The SMILES string of the molecule is C=C(Br)CN1C(C)CNCC1C. The summed E-state index contributed by atoms with van der Waals surface area (Å²) < 4.78 is 1.07. The molecule has 0 saturated carbocycles. The number of hydrogen-bond donors (Lipinski definition) is 1. The van der Waals surface area contributed by atoms with Gasteiger partial charge in [0, 0.05) is 36.2 Å². The molecule has 1 saturated heterocycles. The third kappa shape index (κ3) is 2.57. The molecule has 1 aliphatic rings. The summed E-state index contributed by atoms with van der Waals surface area (Å²) in [6.45, 7) is 11.5. The molecular formula is C9H17BrN2. The van der Waals surface area contributed by atoms with E-state index in [2.05, 4.69) is 46.6 Å². The van der Waals surface area contributed by atoms with Crippen molar-refractivity contribution in [3.8, 4) is 0 Å². The van der Waals surface area contributed by atoms with Crippen LogP contribution in [0.3, 0.4) is 0 Å². The van der Waals surface area contributed by atoms with E-state index in [1.54, 1.807) is 0 Å². The average molecular weight is 233 g/mol. The predicted octanol–water partition coefficient (Wildman–Crippen LogP) is 1.58. The Balaban J connectivity index is 2.50. The molecule has 0 amide bonds. The van der Waals surface area contributed by atoms with Gasteiger partial charge in [0.05, 0.1) is 0 Å². The summed E-state index contributed by atoms with van der Waals surface area (Å²) in [5, 5.41) is 3.40. The largest absolute Gasteiger partial charge is 0.314 e. The van der Waals surface area contributed by atoms with Crippen LogP contribution in [0.2, 0.25) is 0 Å². The summed E-state index contributed by atoms with van der Waals surface area (Å²) in [7, 11) is 0. The summed E-state index contributed by atoms with van der Waals surface area (Å²) >= 11 is 3.41. The molecule has 2 atom stereocenters. The van der Waals surface area contributed by atoms with Crippen molar-refractivity contribution in [2.75, 3.05) is 19.6 Å². The second-order valence-corrected chi connectivity index (χ2v) is 4.67. The zero-order valence-corrected chi connectivity index (χ0v) is 9.39. The smallest absolute Gasteiger partial charge is 0.0300 e. The lowest BCUT2D eigenvalue weighted by Gasteiger charge is -2.39. The third-order valence-corrected chi connectivity index (χ3v) is 2.62. The van der Waals surface area contributed by atoms with Crippen LogP contribution in [-0.4, -0.2) is 36.6 Å². The first-order chi connectivity index (χ1) is 5.61. The molecule has 2 unspecified atom stereocenters. The lowest BCUT2D eigenvalue weighted by molar-refractivity contribution is 0.132. The summed E-state index contributed by atoms with van der Waals surface area (Å²) in [5.41, 5.74) is 0. The van der Waals surface area contributed by atoms with Crippen LogP contribution >= 0.6 is 15.9 Å². The zero-order valence-electron chi connectivity index (χ0n) is 7.81. The van der Waals surface area contributed by atoms with Crippen LogP contribution < -0.4 is 5.32 Å². The molecule has 12 heavy (non-hydrogen) atoms. The highest BCUT2D eigenvalue weighted by molar-refractivity contribution is 9.11. The minimum atomic E-state index is 0.614. The van der Waals surface area contributed by atoms with Crippen molar-refractivity contribution in [3.63, 3.8) is 0 Å². The molecule has 1 aliphatic heterocycles. The van der Waals surface area contributed by atoms with Gasteiger partial charge in [0.15, 0.2) is 0 Å². The lowest BCUT2D eigenvalue weighted by atomic mass is 10.1. The molecule has 0 aliphatic carbocycles. The fraction of sp³-hybridized carbons (Fsp3) is 0.778. The quantitative estimate of drug-likeness (QED) is 0.778. The Morgan fingerprint density at radius 2 is 2.00 bits per heavy atom. The van der Waals surface area contributed by atoms with E-state index in [-0.39, 0.29) is 0 Å². The van der Waals surface area contributed by atoms with Crippen molar-refractivity contribution in [2.24, 2.45) is 0 Å². The number of nitrogens with zero attached hydrogens (tertiary/aromatic N) is 1. The van der Waals surface area contributed by atoms with Gasteiger partial charge < -0.3 is 5.32 Å². The molecule has 1 heterocycles. The predicted molar refractivity (Wildman–Crippen MR) is 56.6 cm³/mol. The molecule has 1 fully saturated rings. The first-order valence-electron chi connectivity index (χ1n) is 4.41. The Labute approximate surface area is 83.1 Å². The Kier molecular flexibility index (Phi) is 3.75. The zero-order chi connectivity index (χ0) is 9.14. The van der Waals surface area contributed by atoms with Crippen molar-refractivity contribution in [2.45, 2.75) is 25.9 Å². The lowest BCUT2D eigenvalue weighted by Crippen LogP contribution is -2.55. The molecule has 0 bridgehead atoms. The maximum absolute atomic E-state index is 3.87. The van der Waals surface area contributed by atoms with Crippen LogP contribution in [0.5, 0.6) is 0 Å². The first-order valence-corrected chi connectivity index (χ1v) is 5.20. The molecule has 0 spiro atoms. The van der Waals surface area contributed by atoms with Crippen molar-refractivity contribution in [1.29, 1.82) is 0 Å². The molecule has 0 aromatic carbocycles. The van der Waals surface area contributed by atoms with Crippen molar-refractivity contribution < 1.29 is 0 Å². The number of hydrogen-bond acceptors (Lipinski definition) is 2. The molecule has 70 valence electrons. The average Bonchev–Trinajstić information content (AvgIpc) is 1.97. The Bertz CT molecular complexity index is 160.